The van der Waals surface area contributed by atoms with Crippen molar-refractivity contribution < 1.29 is 9.53 Å². The van der Waals surface area contributed by atoms with E-state index in [1.165, 1.54) is 0 Å². The number of H-pyrrole nitrogens is 1. The summed E-state index contributed by atoms with van der Waals surface area (Å²) in [6.07, 6.45) is 3.73. The zero-order chi connectivity index (χ0) is 9.80. The molecule has 0 radical (unpaired) electrons. The molecule has 1 aliphatic rings. The number of nitrogens with one attached hydrogen (secondary N) is 1. The second kappa shape index (κ2) is 4.23. The molecular weight excluding hydrogens is 182 g/mol. The van der Waals surface area contributed by atoms with E-state index in [1.807, 2.05) is 4.90 Å². The number of imidazole rings is 1. The van der Waals surface area contributed by atoms with E-state index in [0.717, 1.165) is 5.82 Å². The number of carbonyl (C=O) groups excluding carboxylic acids is 1. The Morgan fingerprint density at radius 3 is 3.00 bits per heavy atom. The van der Waals surface area contributed by atoms with E-state index in [9.17, 15) is 4.79 Å². The van der Waals surface area contributed by atoms with Gasteiger partial charge in [0.25, 0.3) is 0 Å². The Balaban J connectivity index is 1.88. The molecule has 1 aromatic heterocycles. The monoisotopic (exact) mass is 195 g/mol. The molecule has 0 unspecified atom stereocenters. The second-order valence-corrected chi connectivity index (χ2v) is 3.21. The number of ether oxygens (including phenoxy) is 1. The summed E-state index contributed by atoms with van der Waals surface area (Å²) in [7, 11) is 0. The summed E-state index contributed by atoms with van der Waals surface area (Å²) in [6, 6.07) is 0. The van der Waals surface area contributed by atoms with Crippen molar-refractivity contribution in [2.75, 3.05) is 26.3 Å². The maximum atomic E-state index is 11.7. The lowest BCUT2D eigenvalue weighted by Gasteiger charge is -2.26. The molecule has 1 aliphatic heterocycles. The zero-order valence-corrected chi connectivity index (χ0v) is 7.90. The van der Waals surface area contributed by atoms with Gasteiger partial charge in [0.15, 0.2) is 0 Å². The van der Waals surface area contributed by atoms with Gasteiger partial charge in [-0.1, -0.05) is 0 Å². The molecule has 0 saturated carbocycles. The molecule has 0 atom stereocenters. The van der Waals surface area contributed by atoms with Crippen molar-refractivity contribution in [2.24, 2.45) is 0 Å². The number of nitrogens with zero attached hydrogens (tertiary/aromatic N) is 2. The highest BCUT2D eigenvalue weighted by molar-refractivity contribution is 5.78. The van der Waals surface area contributed by atoms with Crippen LogP contribution in [0.1, 0.15) is 5.82 Å². The van der Waals surface area contributed by atoms with Crippen molar-refractivity contribution >= 4 is 5.91 Å². The lowest BCUT2D eigenvalue weighted by Crippen LogP contribution is -2.41. The summed E-state index contributed by atoms with van der Waals surface area (Å²) >= 11 is 0. The van der Waals surface area contributed by atoms with E-state index in [4.69, 9.17) is 4.74 Å². The maximum Gasteiger partial charge on any atom is 0.230 e. The highest BCUT2D eigenvalue weighted by atomic mass is 16.5. The van der Waals surface area contributed by atoms with Gasteiger partial charge in [-0.3, -0.25) is 4.79 Å². The summed E-state index contributed by atoms with van der Waals surface area (Å²) in [5, 5.41) is 0. The van der Waals surface area contributed by atoms with Crippen LogP contribution in [0, 0.1) is 0 Å². The van der Waals surface area contributed by atoms with Crippen molar-refractivity contribution in [2.45, 2.75) is 6.42 Å². The minimum Gasteiger partial charge on any atom is -0.378 e. The fraction of sp³-hybridized carbons (Fsp3) is 0.556. The van der Waals surface area contributed by atoms with Crippen LogP contribution < -0.4 is 0 Å². The third-order valence-electron chi connectivity index (χ3n) is 2.24. The van der Waals surface area contributed by atoms with Gasteiger partial charge in [-0.05, 0) is 0 Å². The van der Waals surface area contributed by atoms with Crippen molar-refractivity contribution in [3.63, 3.8) is 0 Å². The largest absolute Gasteiger partial charge is 0.378 e. The molecule has 0 aromatic carbocycles. The number of hydrogen-bond donors (Lipinski definition) is 1. The first-order chi connectivity index (χ1) is 6.86. The second-order valence-electron chi connectivity index (χ2n) is 3.21. The topological polar surface area (TPSA) is 58.2 Å². The molecule has 0 spiro atoms. The predicted molar refractivity (Wildman–Crippen MR) is 49.7 cm³/mol. The first-order valence-corrected chi connectivity index (χ1v) is 4.70. The van der Waals surface area contributed by atoms with E-state index < -0.39 is 0 Å². The number of morpholine rings is 1. The summed E-state index contributed by atoms with van der Waals surface area (Å²) in [5.74, 6) is 0.838. The predicted octanol–water partition coefficient (Wildman–Crippen LogP) is -0.189. The van der Waals surface area contributed by atoms with E-state index in [1.54, 1.807) is 12.4 Å². The third kappa shape index (κ3) is 2.11. The average Bonchev–Trinajstić information content (AvgIpc) is 2.72. The first kappa shape index (κ1) is 9.21. The summed E-state index contributed by atoms with van der Waals surface area (Å²) in [6.45, 7) is 2.67. The molecule has 14 heavy (non-hydrogen) atoms. The lowest BCUT2D eigenvalue weighted by molar-refractivity contribution is -0.134. The van der Waals surface area contributed by atoms with Crippen LogP contribution >= 0.6 is 0 Å². The van der Waals surface area contributed by atoms with Crippen LogP contribution in [0.15, 0.2) is 12.4 Å². The van der Waals surface area contributed by atoms with E-state index in [2.05, 4.69) is 9.97 Å². The molecule has 5 nitrogen and oxygen atoms in total. The van der Waals surface area contributed by atoms with Gasteiger partial charge >= 0.3 is 0 Å². The molecule has 2 rings (SSSR count). The Morgan fingerprint density at radius 1 is 1.57 bits per heavy atom. The third-order valence-corrected chi connectivity index (χ3v) is 2.24. The number of amides is 1. The number of carbonyl (C=O) groups is 1. The fourth-order valence-corrected chi connectivity index (χ4v) is 1.46. The highest BCUT2D eigenvalue weighted by Crippen LogP contribution is 2.01. The van der Waals surface area contributed by atoms with Gasteiger partial charge in [0, 0.05) is 25.5 Å². The van der Waals surface area contributed by atoms with Crippen LogP contribution in [0.5, 0.6) is 0 Å². The zero-order valence-electron chi connectivity index (χ0n) is 7.90. The quantitative estimate of drug-likeness (QED) is 0.711. The minimum absolute atomic E-state index is 0.114. The molecular formula is C9H13N3O2. The summed E-state index contributed by atoms with van der Waals surface area (Å²) < 4.78 is 5.17. The lowest BCUT2D eigenvalue weighted by atomic mass is 10.3. The van der Waals surface area contributed by atoms with Crippen LogP contribution in [0.25, 0.3) is 0 Å². The normalized spacial score (nSPS) is 17.0. The number of aromatic nitrogens is 2. The molecule has 1 N–H and O–H groups in total. The molecule has 1 saturated heterocycles. The maximum absolute atomic E-state index is 11.7. The van der Waals surface area contributed by atoms with Gasteiger partial charge in [0.1, 0.15) is 5.82 Å². The Hall–Kier alpha value is -1.36. The van der Waals surface area contributed by atoms with E-state index in [0.29, 0.717) is 32.7 Å². The number of rotatable bonds is 2. The Labute approximate surface area is 82.1 Å². The molecule has 0 bridgehead atoms. The molecule has 1 fully saturated rings. The average molecular weight is 195 g/mol. The minimum atomic E-state index is 0.114. The van der Waals surface area contributed by atoms with Crippen molar-refractivity contribution in [3.05, 3.63) is 18.2 Å². The van der Waals surface area contributed by atoms with Gasteiger partial charge in [-0.25, -0.2) is 4.98 Å². The van der Waals surface area contributed by atoms with Gasteiger partial charge in [0.05, 0.1) is 19.6 Å². The van der Waals surface area contributed by atoms with Crippen molar-refractivity contribution in [3.8, 4) is 0 Å². The fourth-order valence-electron chi connectivity index (χ4n) is 1.46. The Kier molecular flexibility index (Phi) is 2.78. The van der Waals surface area contributed by atoms with Gasteiger partial charge < -0.3 is 14.6 Å². The van der Waals surface area contributed by atoms with Crippen LogP contribution in [0.4, 0.5) is 0 Å². The summed E-state index contributed by atoms with van der Waals surface area (Å²) in [4.78, 5) is 20.4. The molecule has 76 valence electrons. The van der Waals surface area contributed by atoms with Crippen LogP contribution in [0.3, 0.4) is 0 Å². The van der Waals surface area contributed by atoms with Crippen LogP contribution in [-0.2, 0) is 16.0 Å². The van der Waals surface area contributed by atoms with E-state index in [-0.39, 0.29) is 5.91 Å². The summed E-state index contributed by atoms with van der Waals surface area (Å²) in [5.41, 5.74) is 0. The van der Waals surface area contributed by atoms with Crippen molar-refractivity contribution in [1.29, 1.82) is 0 Å². The van der Waals surface area contributed by atoms with Crippen molar-refractivity contribution in [1.82, 2.24) is 14.9 Å². The first-order valence-electron chi connectivity index (χ1n) is 4.70. The standard InChI is InChI=1S/C9H13N3O2/c13-9(7-8-10-1-2-11-8)12-3-5-14-6-4-12/h1-2H,3-7H2,(H,10,11). The highest BCUT2D eigenvalue weighted by Gasteiger charge is 2.17. The molecule has 1 aromatic rings. The SMILES string of the molecule is O=C(Cc1ncc[nH]1)N1CCOCC1. The number of hydrogen-bond acceptors (Lipinski definition) is 3. The molecule has 0 aliphatic carbocycles. The van der Waals surface area contributed by atoms with Gasteiger partial charge in [-0.15, -0.1) is 0 Å². The Bertz CT molecular complexity index is 291. The number of aromatic amines is 1. The smallest absolute Gasteiger partial charge is 0.230 e. The van der Waals surface area contributed by atoms with Crippen LogP contribution in [0.2, 0.25) is 0 Å². The molecule has 5 heteroatoms. The van der Waals surface area contributed by atoms with Crippen LogP contribution in [-0.4, -0.2) is 47.1 Å². The van der Waals surface area contributed by atoms with Gasteiger partial charge in [-0.2, -0.15) is 0 Å². The van der Waals surface area contributed by atoms with E-state index >= 15 is 0 Å². The molecule has 2 heterocycles. The van der Waals surface area contributed by atoms with Gasteiger partial charge in [0.2, 0.25) is 5.91 Å². The molecule has 1 amide bonds. The Morgan fingerprint density at radius 2 is 2.36 bits per heavy atom.